The molecule has 3 aromatic heterocycles. The third-order valence-electron chi connectivity index (χ3n) is 5.53. The van der Waals surface area contributed by atoms with Gasteiger partial charge in [-0.25, -0.2) is 24.3 Å². The number of fused-ring (bicyclic) bond motifs is 1. The molecule has 9 heteroatoms. The molecule has 0 bridgehead atoms. The van der Waals surface area contributed by atoms with E-state index in [1.807, 2.05) is 13.0 Å². The average molecular weight is 465 g/mol. The van der Waals surface area contributed by atoms with Crippen LogP contribution in [0.2, 0.25) is 5.02 Å². The topological polar surface area (TPSA) is 77.8 Å². The number of hydrogen-bond acceptors (Lipinski definition) is 6. The highest BCUT2D eigenvalue weighted by atomic mass is 35.5. The van der Waals surface area contributed by atoms with Gasteiger partial charge in [0.25, 0.3) is 0 Å². The van der Waals surface area contributed by atoms with Gasteiger partial charge in [-0.2, -0.15) is 0 Å². The Bertz CT molecular complexity index is 1260. The van der Waals surface area contributed by atoms with Crippen LogP contribution in [0.25, 0.3) is 22.6 Å². The molecule has 0 saturated carbocycles. The van der Waals surface area contributed by atoms with Gasteiger partial charge in [-0.15, -0.1) is 0 Å². The Hall–Kier alpha value is -3.52. The van der Waals surface area contributed by atoms with Crippen molar-refractivity contribution in [3.05, 3.63) is 71.5 Å². The summed E-state index contributed by atoms with van der Waals surface area (Å²) in [6.07, 6.45) is 4.99. The zero-order valence-corrected chi connectivity index (χ0v) is 18.8. The summed E-state index contributed by atoms with van der Waals surface area (Å²) in [6, 6.07) is 11.8. The van der Waals surface area contributed by atoms with E-state index in [1.54, 1.807) is 36.7 Å². The third kappa shape index (κ3) is 4.39. The van der Waals surface area contributed by atoms with Gasteiger partial charge >= 0.3 is 0 Å². The summed E-state index contributed by atoms with van der Waals surface area (Å²) in [7, 11) is 0. The van der Waals surface area contributed by atoms with Gasteiger partial charge in [0.1, 0.15) is 18.2 Å². The second-order valence-electron chi connectivity index (χ2n) is 7.72. The van der Waals surface area contributed by atoms with Crippen molar-refractivity contribution >= 4 is 17.5 Å². The van der Waals surface area contributed by atoms with Gasteiger partial charge in [0, 0.05) is 37.0 Å². The number of imidazole rings is 1. The lowest BCUT2D eigenvalue weighted by atomic mass is 10.1. The average Bonchev–Trinajstić information content (AvgIpc) is 3.39. The van der Waals surface area contributed by atoms with Gasteiger partial charge in [0.05, 0.1) is 28.1 Å². The summed E-state index contributed by atoms with van der Waals surface area (Å²) in [5.74, 6) is 1.73. The molecule has 1 aliphatic heterocycles. The maximum absolute atomic E-state index is 13.6. The standard InChI is InChI=1S/C24H22ClFN6O/c1-2-27-24-28-12-11-19(30-24)23-22(15-3-6-17(26)7-4-15)31-20-9-8-18(32(20)23)14-33-21-10-5-16(25)13-29-21/h3-7,10-13,18H,2,8-9,14H2,1H3,(H,27,28,30). The van der Waals surface area contributed by atoms with Crippen LogP contribution in [0.4, 0.5) is 10.3 Å². The number of nitrogens with one attached hydrogen (secondary N) is 1. The van der Waals surface area contributed by atoms with Crippen LogP contribution in [0.15, 0.2) is 54.9 Å². The fourth-order valence-corrected chi connectivity index (χ4v) is 4.16. The van der Waals surface area contributed by atoms with Crippen LogP contribution in [-0.4, -0.2) is 37.7 Å². The lowest BCUT2D eigenvalue weighted by Gasteiger charge is -2.18. The van der Waals surface area contributed by atoms with E-state index in [2.05, 4.69) is 19.9 Å². The summed E-state index contributed by atoms with van der Waals surface area (Å²) in [5, 5.41) is 3.72. The van der Waals surface area contributed by atoms with Crippen molar-refractivity contribution in [3.8, 4) is 28.5 Å². The lowest BCUT2D eigenvalue weighted by molar-refractivity contribution is 0.247. The highest BCUT2D eigenvalue weighted by Crippen LogP contribution is 2.39. The van der Waals surface area contributed by atoms with Gasteiger partial charge in [-0.3, -0.25) is 0 Å². The summed E-state index contributed by atoms with van der Waals surface area (Å²) < 4.78 is 21.7. The van der Waals surface area contributed by atoms with Crippen molar-refractivity contribution in [3.63, 3.8) is 0 Å². The molecule has 1 unspecified atom stereocenters. The highest BCUT2D eigenvalue weighted by molar-refractivity contribution is 6.30. The Morgan fingerprint density at radius 1 is 1.12 bits per heavy atom. The zero-order chi connectivity index (χ0) is 22.8. The minimum atomic E-state index is -0.287. The highest BCUT2D eigenvalue weighted by Gasteiger charge is 2.31. The maximum Gasteiger partial charge on any atom is 0.223 e. The van der Waals surface area contributed by atoms with E-state index in [4.69, 9.17) is 26.3 Å². The van der Waals surface area contributed by atoms with E-state index >= 15 is 0 Å². The number of hydrogen-bond donors (Lipinski definition) is 1. The number of ether oxygens (including phenoxy) is 1. The van der Waals surface area contributed by atoms with E-state index < -0.39 is 0 Å². The first kappa shape index (κ1) is 21.3. The fraction of sp³-hybridized carbons (Fsp3) is 0.250. The number of nitrogens with zero attached hydrogens (tertiary/aromatic N) is 5. The van der Waals surface area contributed by atoms with Crippen LogP contribution in [0.5, 0.6) is 5.88 Å². The number of rotatable bonds is 7. The second kappa shape index (κ2) is 9.15. The molecule has 4 aromatic rings. The summed E-state index contributed by atoms with van der Waals surface area (Å²) in [4.78, 5) is 18.2. The molecule has 1 aliphatic rings. The Balaban J connectivity index is 1.55. The van der Waals surface area contributed by atoms with E-state index in [1.165, 1.54) is 12.1 Å². The van der Waals surface area contributed by atoms with Gasteiger partial charge in [0.15, 0.2) is 0 Å². The summed E-state index contributed by atoms with van der Waals surface area (Å²) in [6.45, 7) is 3.14. The largest absolute Gasteiger partial charge is 0.475 e. The number of benzene rings is 1. The monoisotopic (exact) mass is 464 g/mol. The molecule has 1 aromatic carbocycles. The zero-order valence-electron chi connectivity index (χ0n) is 18.0. The Morgan fingerprint density at radius 3 is 2.73 bits per heavy atom. The van der Waals surface area contributed by atoms with Crippen molar-refractivity contribution in [2.24, 2.45) is 0 Å². The summed E-state index contributed by atoms with van der Waals surface area (Å²) in [5.41, 5.74) is 3.21. The Kier molecular flexibility index (Phi) is 5.92. The SMILES string of the molecule is CCNc1nccc(-c2c(-c3ccc(F)cc3)nc3n2C(COc2ccc(Cl)cn2)CC3)n1. The molecule has 0 fully saturated rings. The minimum absolute atomic E-state index is 0.0479. The maximum atomic E-state index is 13.6. The molecule has 1 N–H and O–H groups in total. The van der Waals surface area contributed by atoms with Crippen molar-refractivity contribution in [1.82, 2.24) is 24.5 Å². The van der Waals surface area contributed by atoms with Gasteiger partial charge in [-0.1, -0.05) is 11.6 Å². The number of aromatic nitrogens is 5. The predicted molar refractivity (Wildman–Crippen MR) is 125 cm³/mol. The van der Waals surface area contributed by atoms with Crippen LogP contribution in [0.1, 0.15) is 25.2 Å². The van der Waals surface area contributed by atoms with Crippen LogP contribution in [0, 0.1) is 5.82 Å². The second-order valence-corrected chi connectivity index (χ2v) is 8.15. The molecule has 168 valence electrons. The molecular formula is C24H22ClFN6O. The number of aryl methyl sites for hydroxylation is 1. The first-order valence-corrected chi connectivity index (χ1v) is 11.2. The van der Waals surface area contributed by atoms with Crippen molar-refractivity contribution in [2.75, 3.05) is 18.5 Å². The molecular weight excluding hydrogens is 443 g/mol. The molecule has 0 spiro atoms. The molecule has 33 heavy (non-hydrogen) atoms. The fourth-order valence-electron chi connectivity index (χ4n) is 4.05. The third-order valence-corrected chi connectivity index (χ3v) is 5.75. The van der Waals surface area contributed by atoms with Crippen LogP contribution < -0.4 is 10.1 Å². The molecule has 0 aliphatic carbocycles. The smallest absolute Gasteiger partial charge is 0.223 e. The van der Waals surface area contributed by atoms with Crippen molar-refractivity contribution < 1.29 is 9.13 Å². The van der Waals surface area contributed by atoms with Crippen LogP contribution >= 0.6 is 11.6 Å². The van der Waals surface area contributed by atoms with Gasteiger partial charge in [0.2, 0.25) is 11.8 Å². The summed E-state index contributed by atoms with van der Waals surface area (Å²) >= 11 is 5.93. The predicted octanol–water partition coefficient (Wildman–Crippen LogP) is 5.19. The molecule has 0 radical (unpaired) electrons. The van der Waals surface area contributed by atoms with Crippen LogP contribution in [0.3, 0.4) is 0 Å². The van der Waals surface area contributed by atoms with Gasteiger partial charge < -0.3 is 14.6 Å². The normalized spacial score (nSPS) is 14.8. The minimum Gasteiger partial charge on any atom is -0.475 e. The number of pyridine rings is 1. The molecule has 5 rings (SSSR count). The first-order valence-electron chi connectivity index (χ1n) is 10.8. The van der Waals surface area contributed by atoms with Crippen molar-refractivity contribution in [1.29, 1.82) is 0 Å². The van der Waals surface area contributed by atoms with E-state index in [0.717, 1.165) is 41.3 Å². The first-order chi connectivity index (χ1) is 16.1. The van der Waals surface area contributed by atoms with E-state index in [0.29, 0.717) is 30.0 Å². The quantitative estimate of drug-likeness (QED) is 0.405. The number of halogens is 2. The molecule has 4 heterocycles. The molecule has 0 saturated heterocycles. The Morgan fingerprint density at radius 2 is 1.97 bits per heavy atom. The lowest BCUT2D eigenvalue weighted by Crippen LogP contribution is -2.15. The Labute approximate surface area is 195 Å². The van der Waals surface area contributed by atoms with E-state index in [-0.39, 0.29) is 11.9 Å². The molecule has 1 atom stereocenters. The number of anilines is 1. The van der Waals surface area contributed by atoms with Crippen LogP contribution in [-0.2, 0) is 6.42 Å². The molecule has 7 nitrogen and oxygen atoms in total. The van der Waals surface area contributed by atoms with Crippen molar-refractivity contribution in [2.45, 2.75) is 25.8 Å². The van der Waals surface area contributed by atoms with E-state index in [9.17, 15) is 4.39 Å². The molecule has 0 amide bonds. The van der Waals surface area contributed by atoms with Gasteiger partial charge in [-0.05, 0) is 49.7 Å².